The van der Waals surface area contributed by atoms with Gasteiger partial charge in [-0.3, -0.25) is 0 Å². The molecule has 0 amide bonds. The fourth-order valence-electron chi connectivity index (χ4n) is 1.54. The summed E-state index contributed by atoms with van der Waals surface area (Å²) in [7, 11) is 0. The molecule has 1 N–H and O–H groups in total. The zero-order valence-corrected chi connectivity index (χ0v) is 12.5. The van der Waals surface area contributed by atoms with Crippen molar-refractivity contribution in [1.82, 2.24) is 9.97 Å². The average molecular weight is 333 g/mol. The number of aromatic nitrogens is 2. The van der Waals surface area contributed by atoms with Gasteiger partial charge in [0.1, 0.15) is 5.15 Å². The highest BCUT2D eigenvalue weighted by Crippen LogP contribution is 2.28. The molecule has 2 rings (SSSR count). The van der Waals surface area contributed by atoms with Crippen LogP contribution in [0.3, 0.4) is 0 Å². The number of thiazole rings is 1. The maximum absolute atomic E-state index is 5.85. The largest absolute Gasteiger partial charge is 0.376 e. The normalized spacial score (nSPS) is 12.5. The standard InChI is InChI=1S/C11H11BrClN3S/c1-6-10(17-5-15-6)7(2)16-8-3-9(12)11(13)14-4-8/h3-5,7,16H,1-2H3. The molecule has 0 saturated heterocycles. The molecule has 1 atom stereocenters. The molecule has 3 nitrogen and oxygen atoms in total. The molecule has 2 heterocycles. The molecule has 2 aromatic rings. The van der Waals surface area contributed by atoms with Crippen molar-refractivity contribution < 1.29 is 0 Å². The molecule has 0 saturated carbocycles. The minimum Gasteiger partial charge on any atom is -0.376 e. The van der Waals surface area contributed by atoms with Crippen molar-refractivity contribution in [3.63, 3.8) is 0 Å². The molecule has 90 valence electrons. The molecule has 0 aliphatic carbocycles. The van der Waals surface area contributed by atoms with Crippen LogP contribution in [0.25, 0.3) is 0 Å². The van der Waals surface area contributed by atoms with Gasteiger partial charge in [-0.15, -0.1) is 11.3 Å². The van der Waals surface area contributed by atoms with Crippen LogP contribution in [0.15, 0.2) is 22.2 Å². The first kappa shape index (κ1) is 12.8. The van der Waals surface area contributed by atoms with Gasteiger partial charge in [-0.2, -0.15) is 0 Å². The third-order valence-corrected chi connectivity index (χ3v) is 4.60. The SMILES string of the molecule is Cc1ncsc1C(C)Nc1cnc(Cl)c(Br)c1. The number of halogens is 2. The van der Waals surface area contributed by atoms with E-state index in [1.165, 1.54) is 4.88 Å². The molecule has 0 fully saturated rings. The monoisotopic (exact) mass is 331 g/mol. The van der Waals surface area contributed by atoms with E-state index in [0.717, 1.165) is 15.9 Å². The van der Waals surface area contributed by atoms with Crippen molar-refractivity contribution in [3.8, 4) is 0 Å². The number of anilines is 1. The molecule has 1 unspecified atom stereocenters. The van der Waals surface area contributed by atoms with E-state index in [9.17, 15) is 0 Å². The number of nitrogens with one attached hydrogen (secondary N) is 1. The Balaban J connectivity index is 2.16. The lowest BCUT2D eigenvalue weighted by Gasteiger charge is -2.14. The van der Waals surface area contributed by atoms with Gasteiger partial charge < -0.3 is 5.32 Å². The summed E-state index contributed by atoms with van der Waals surface area (Å²) < 4.78 is 0.789. The van der Waals surface area contributed by atoms with Crippen molar-refractivity contribution >= 4 is 44.6 Å². The van der Waals surface area contributed by atoms with Gasteiger partial charge in [0.15, 0.2) is 0 Å². The highest BCUT2D eigenvalue weighted by molar-refractivity contribution is 9.10. The van der Waals surface area contributed by atoms with Crippen LogP contribution in [0.5, 0.6) is 0 Å². The summed E-state index contributed by atoms with van der Waals surface area (Å²) in [6.07, 6.45) is 1.72. The molecular weight excluding hydrogens is 322 g/mol. The zero-order valence-electron chi connectivity index (χ0n) is 9.37. The Morgan fingerprint density at radius 1 is 1.47 bits per heavy atom. The van der Waals surface area contributed by atoms with E-state index < -0.39 is 0 Å². The number of hydrogen-bond donors (Lipinski definition) is 1. The molecule has 0 aliphatic heterocycles. The summed E-state index contributed by atoms with van der Waals surface area (Å²) in [6, 6.07) is 2.12. The van der Waals surface area contributed by atoms with Crippen LogP contribution in [0, 0.1) is 6.92 Å². The first-order chi connectivity index (χ1) is 8.08. The van der Waals surface area contributed by atoms with E-state index >= 15 is 0 Å². The number of rotatable bonds is 3. The number of nitrogens with zero attached hydrogens (tertiary/aromatic N) is 2. The summed E-state index contributed by atoms with van der Waals surface area (Å²) in [5.41, 5.74) is 3.86. The van der Waals surface area contributed by atoms with E-state index in [0.29, 0.717) is 5.15 Å². The van der Waals surface area contributed by atoms with E-state index in [2.05, 4.69) is 38.1 Å². The molecule has 0 spiro atoms. The van der Waals surface area contributed by atoms with Gasteiger partial charge in [-0.25, -0.2) is 9.97 Å². The van der Waals surface area contributed by atoms with E-state index in [4.69, 9.17) is 11.6 Å². The van der Waals surface area contributed by atoms with Crippen molar-refractivity contribution in [2.45, 2.75) is 19.9 Å². The second-order valence-electron chi connectivity index (χ2n) is 3.66. The molecule has 6 heteroatoms. The number of aryl methyl sites for hydroxylation is 1. The van der Waals surface area contributed by atoms with Gasteiger partial charge in [0.25, 0.3) is 0 Å². The lowest BCUT2D eigenvalue weighted by Crippen LogP contribution is -2.06. The smallest absolute Gasteiger partial charge is 0.143 e. The van der Waals surface area contributed by atoms with Crippen LogP contribution in [0.1, 0.15) is 23.5 Å². The van der Waals surface area contributed by atoms with E-state index in [1.54, 1.807) is 17.5 Å². The van der Waals surface area contributed by atoms with Gasteiger partial charge in [0.2, 0.25) is 0 Å². The van der Waals surface area contributed by atoms with Crippen LogP contribution >= 0.6 is 38.9 Å². The topological polar surface area (TPSA) is 37.8 Å². The molecule has 2 aromatic heterocycles. The molecule has 0 radical (unpaired) electrons. The summed E-state index contributed by atoms with van der Waals surface area (Å²) in [5, 5.41) is 3.84. The van der Waals surface area contributed by atoms with Crippen molar-refractivity contribution in [3.05, 3.63) is 38.0 Å². The molecular formula is C11H11BrClN3S. The molecule has 0 aromatic carbocycles. The summed E-state index contributed by atoms with van der Waals surface area (Å²) in [4.78, 5) is 9.56. The number of pyridine rings is 1. The van der Waals surface area contributed by atoms with Crippen molar-refractivity contribution in [1.29, 1.82) is 0 Å². The summed E-state index contributed by atoms with van der Waals surface area (Å²) >= 11 is 10.9. The van der Waals surface area contributed by atoms with E-state index in [1.807, 2.05) is 18.5 Å². The highest BCUT2D eigenvalue weighted by atomic mass is 79.9. The van der Waals surface area contributed by atoms with E-state index in [-0.39, 0.29) is 6.04 Å². The van der Waals surface area contributed by atoms with Gasteiger partial charge >= 0.3 is 0 Å². The predicted octanol–water partition coefficient (Wildman–Crippen LogP) is 4.44. The Hall–Kier alpha value is -0.650. The Bertz CT molecular complexity index is 529. The summed E-state index contributed by atoms with van der Waals surface area (Å²) in [6.45, 7) is 4.11. The third-order valence-electron chi connectivity index (χ3n) is 2.36. The molecule has 0 bridgehead atoms. The van der Waals surface area contributed by atoms with Crippen molar-refractivity contribution in [2.75, 3.05) is 5.32 Å². The van der Waals surface area contributed by atoms with Crippen LogP contribution in [0.4, 0.5) is 5.69 Å². The Morgan fingerprint density at radius 2 is 2.24 bits per heavy atom. The number of hydrogen-bond acceptors (Lipinski definition) is 4. The van der Waals surface area contributed by atoms with Crippen LogP contribution < -0.4 is 5.32 Å². The third kappa shape index (κ3) is 2.97. The highest BCUT2D eigenvalue weighted by Gasteiger charge is 2.11. The fourth-order valence-corrected chi connectivity index (χ4v) is 2.81. The Kier molecular flexibility index (Phi) is 4.01. The van der Waals surface area contributed by atoms with Gasteiger partial charge in [-0.05, 0) is 35.8 Å². The van der Waals surface area contributed by atoms with Crippen LogP contribution in [0.2, 0.25) is 5.15 Å². The zero-order chi connectivity index (χ0) is 12.4. The Labute approximate surface area is 117 Å². The maximum Gasteiger partial charge on any atom is 0.143 e. The Morgan fingerprint density at radius 3 is 2.82 bits per heavy atom. The molecule has 17 heavy (non-hydrogen) atoms. The van der Waals surface area contributed by atoms with Crippen LogP contribution in [-0.4, -0.2) is 9.97 Å². The lowest BCUT2D eigenvalue weighted by atomic mass is 10.2. The quantitative estimate of drug-likeness (QED) is 0.845. The van der Waals surface area contributed by atoms with Gasteiger partial charge in [0.05, 0.1) is 33.6 Å². The minimum atomic E-state index is 0.206. The van der Waals surface area contributed by atoms with Gasteiger partial charge in [0, 0.05) is 4.88 Å². The second-order valence-corrected chi connectivity index (χ2v) is 5.76. The maximum atomic E-state index is 5.85. The first-order valence-corrected chi connectivity index (χ1v) is 7.10. The summed E-state index contributed by atoms with van der Waals surface area (Å²) in [5.74, 6) is 0. The minimum absolute atomic E-state index is 0.206. The first-order valence-electron chi connectivity index (χ1n) is 5.05. The lowest BCUT2D eigenvalue weighted by molar-refractivity contribution is 0.888. The van der Waals surface area contributed by atoms with Crippen molar-refractivity contribution in [2.24, 2.45) is 0 Å². The second kappa shape index (κ2) is 5.33. The average Bonchev–Trinajstić information content (AvgIpc) is 2.70. The predicted molar refractivity (Wildman–Crippen MR) is 75.8 cm³/mol. The fraction of sp³-hybridized carbons (Fsp3) is 0.273. The van der Waals surface area contributed by atoms with Gasteiger partial charge in [-0.1, -0.05) is 11.6 Å². The molecule has 0 aliphatic rings. The van der Waals surface area contributed by atoms with Crippen LogP contribution in [-0.2, 0) is 0 Å².